The number of carbonyl (C=O) groups excluding carboxylic acids is 1. The first-order valence-corrected chi connectivity index (χ1v) is 10.1. The Labute approximate surface area is 167 Å². The molecule has 2 aromatic carbocycles. The Hall–Kier alpha value is -2.39. The molecule has 1 saturated carbocycles. The summed E-state index contributed by atoms with van der Waals surface area (Å²) in [4.78, 5) is 13.5. The predicted octanol–water partition coefficient (Wildman–Crippen LogP) is 4.61. The Morgan fingerprint density at radius 3 is 2.07 bits per heavy atom. The lowest BCUT2D eigenvalue weighted by molar-refractivity contribution is -0.187. The number of carbonyl (C=O) groups is 1. The molecule has 0 spiro atoms. The van der Waals surface area contributed by atoms with Crippen molar-refractivity contribution in [3.05, 3.63) is 83.9 Å². The van der Waals surface area contributed by atoms with Crippen molar-refractivity contribution < 1.29 is 14.3 Å². The van der Waals surface area contributed by atoms with Gasteiger partial charge in [-0.2, -0.15) is 0 Å². The largest absolute Gasteiger partial charge is 0.468 e. The van der Waals surface area contributed by atoms with Crippen LogP contribution < -0.4 is 0 Å². The molecule has 0 aromatic heterocycles. The van der Waals surface area contributed by atoms with E-state index in [1.807, 2.05) is 31.2 Å². The van der Waals surface area contributed by atoms with Crippen LogP contribution in [0.1, 0.15) is 24.5 Å². The minimum Gasteiger partial charge on any atom is -0.468 e. The molecule has 4 rings (SSSR count). The molecule has 2 bridgehead atoms. The van der Waals surface area contributed by atoms with Gasteiger partial charge in [-0.05, 0) is 36.8 Å². The summed E-state index contributed by atoms with van der Waals surface area (Å²) < 4.78 is 12.0. The summed E-state index contributed by atoms with van der Waals surface area (Å²) >= 11 is 0. The van der Waals surface area contributed by atoms with E-state index in [9.17, 15) is 4.79 Å². The lowest BCUT2D eigenvalue weighted by Crippen LogP contribution is -2.60. The number of hydrogen-bond acceptors (Lipinski definition) is 3. The van der Waals surface area contributed by atoms with Crippen molar-refractivity contribution >= 4 is 5.97 Å². The molecule has 0 radical (unpaired) electrons. The van der Waals surface area contributed by atoms with Gasteiger partial charge in [0.1, 0.15) is 5.41 Å². The number of allylic oxidation sites excluding steroid dienone is 1. The van der Waals surface area contributed by atoms with Crippen LogP contribution in [0.3, 0.4) is 0 Å². The molecule has 1 fully saturated rings. The van der Waals surface area contributed by atoms with Crippen LogP contribution in [0.15, 0.2) is 72.8 Å². The van der Waals surface area contributed by atoms with Crippen molar-refractivity contribution in [3.63, 3.8) is 0 Å². The van der Waals surface area contributed by atoms with Gasteiger partial charge in [0.15, 0.2) is 0 Å². The van der Waals surface area contributed by atoms with E-state index in [4.69, 9.17) is 9.47 Å². The maximum atomic E-state index is 13.5. The van der Waals surface area contributed by atoms with Crippen molar-refractivity contribution in [2.45, 2.75) is 31.8 Å². The number of esters is 1. The maximum absolute atomic E-state index is 13.5. The standard InChI is InChI=1S/C25H28O3/c1-3-28-25(18-20-12-8-5-9-13-20)22-15-14-21(16-22)24(25,23(26)27-2)17-19-10-6-4-7-11-19/h4-15,21-22H,3,16-18H2,1-2H3. The van der Waals surface area contributed by atoms with Gasteiger partial charge in [0.25, 0.3) is 0 Å². The third-order valence-electron chi connectivity index (χ3n) is 6.66. The van der Waals surface area contributed by atoms with Crippen LogP contribution in [0.2, 0.25) is 0 Å². The van der Waals surface area contributed by atoms with E-state index in [2.05, 4.69) is 48.6 Å². The summed E-state index contributed by atoms with van der Waals surface area (Å²) in [5.74, 6) is 0.179. The zero-order valence-corrected chi connectivity index (χ0v) is 16.6. The van der Waals surface area contributed by atoms with Gasteiger partial charge < -0.3 is 9.47 Å². The van der Waals surface area contributed by atoms with Crippen molar-refractivity contribution in [1.82, 2.24) is 0 Å². The van der Waals surface area contributed by atoms with E-state index in [0.29, 0.717) is 19.4 Å². The molecule has 146 valence electrons. The molecule has 0 saturated heterocycles. The Bertz CT molecular complexity index is 845. The molecule has 0 aliphatic heterocycles. The van der Waals surface area contributed by atoms with E-state index in [1.165, 1.54) is 12.7 Å². The molecular weight excluding hydrogens is 348 g/mol. The quantitative estimate of drug-likeness (QED) is 0.523. The molecule has 3 heteroatoms. The second-order valence-corrected chi connectivity index (χ2v) is 7.94. The number of ether oxygens (including phenoxy) is 2. The molecular formula is C25H28O3. The summed E-state index contributed by atoms with van der Waals surface area (Å²) in [7, 11) is 1.50. The maximum Gasteiger partial charge on any atom is 0.315 e. The van der Waals surface area contributed by atoms with Gasteiger partial charge in [-0.25, -0.2) is 0 Å². The Morgan fingerprint density at radius 1 is 0.929 bits per heavy atom. The first kappa shape index (κ1) is 18.9. The fourth-order valence-corrected chi connectivity index (χ4v) is 5.56. The van der Waals surface area contributed by atoms with E-state index in [1.54, 1.807) is 0 Å². The summed E-state index contributed by atoms with van der Waals surface area (Å²) in [6.45, 7) is 2.59. The topological polar surface area (TPSA) is 35.5 Å². The molecule has 0 heterocycles. The minimum absolute atomic E-state index is 0.125. The van der Waals surface area contributed by atoms with Crippen LogP contribution in [0.4, 0.5) is 0 Å². The lowest BCUT2D eigenvalue weighted by Gasteiger charge is -2.49. The molecule has 28 heavy (non-hydrogen) atoms. The van der Waals surface area contributed by atoms with E-state index in [-0.39, 0.29) is 17.8 Å². The van der Waals surface area contributed by atoms with E-state index >= 15 is 0 Å². The molecule has 2 aliphatic rings. The molecule has 4 atom stereocenters. The summed E-state index contributed by atoms with van der Waals surface area (Å²) in [5.41, 5.74) is 1.00. The van der Waals surface area contributed by atoms with Gasteiger partial charge in [-0.1, -0.05) is 72.8 Å². The molecule has 2 aliphatic carbocycles. The van der Waals surface area contributed by atoms with Gasteiger partial charge in [0, 0.05) is 18.9 Å². The smallest absolute Gasteiger partial charge is 0.315 e. The molecule has 4 unspecified atom stereocenters. The normalized spacial score (nSPS) is 30.5. The molecule has 0 N–H and O–H groups in total. The first-order valence-electron chi connectivity index (χ1n) is 10.1. The second-order valence-electron chi connectivity index (χ2n) is 7.94. The third-order valence-corrected chi connectivity index (χ3v) is 6.66. The van der Waals surface area contributed by atoms with Crippen molar-refractivity contribution in [1.29, 1.82) is 0 Å². The Balaban J connectivity index is 1.87. The highest BCUT2D eigenvalue weighted by molar-refractivity contribution is 5.81. The van der Waals surface area contributed by atoms with Gasteiger partial charge in [-0.15, -0.1) is 0 Å². The number of rotatable bonds is 7. The monoisotopic (exact) mass is 376 g/mol. The molecule has 2 aromatic rings. The summed E-state index contributed by atoms with van der Waals surface area (Å²) in [6, 6.07) is 20.6. The molecule has 0 amide bonds. The highest BCUT2D eigenvalue weighted by Gasteiger charge is 2.70. The van der Waals surface area contributed by atoms with Crippen LogP contribution in [-0.4, -0.2) is 25.3 Å². The van der Waals surface area contributed by atoms with Crippen LogP contribution in [0, 0.1) is 17.3 Å². The van der Waals surface area contributed by atoms with Gasteiger partial charge in [0.2, 0.25) is 0 Å². The fraction of sp³-hybridized carbons (Fsp3) is 0.400. The number of methoxy groups -OCH3 is 1. The first-order chi connectivity index (χ1) is 13.7. The summed E-state index contributed by atoms with van der Waals surface area (Å²) in [5, 5.41) is 0. The van der Waals surface area contributed by atoms with Crippen molar-refractivity contribution in [2.24, 2.45) is 17.3 Å². The van der Waals surface area contributed by atoms with Crippen LogP contribution >= 0.6 is 0 Å². The van der Waals surface area contributed by atoms with Gasteiger partial charge in [0.05, 0.1) is 12.7 Å². The zero-order valence-electron chi connectivity index (χ0n) is 16.6. The van der Waals surface area contributed by atoms with Crippen LogP contribution in [-0.2, 0) is 27.1 Å². The van der Waals surface area contributed by atoms with Crippen LogP contribution in [0.5, 0.6) is 0 Å². The lowest BCUT2D eigenvalue weighted by atomic mass is 9.60. The SMILES string of the molecule is CCOC1(Cc2ccccc2)C2C=CC(C2)C1(Cc1ccccc1)C(=O)OC. The van der Waals surface area contributed by atoms with Gasteiger partial charge >= 0.3 is 5.97 Å². The Kier molecular flexibility index (Phi) is 5.11. The fourth-order valence-electron chi connectivity index (χ4n) is 5.56. The van der Waals surface area contributed by atoms with E-state index in [0.717, 1.165) is 12.0 Å². The molecule has 3 nitrogen and oxygen atoms in total. The highest BCUT2D eigenvalue weighted by Crippen LogP contribution is 2.63. The van der Waals surface area contributed by atoms with E-state index < -0.39 is 11.0 Å². The minimum atomic E-state index is -0.728. The second kappa shape index (κ2) is 7.56. The number of benzene rings is 2. The average Bonchev–Trinajstić information content (AvgIpc) is 3.31. The van der Waals surface area contributed by atoms with Crippen molar-refractivity contribution in [2.75, 3.05) is 13.7 Å². The van der Waals surface area contributed by atoms with Gasteiger partial charge in [-0.3, -0.25) is 4.79 Å². The Morgan fingerprint density at radius 2 is 1.50 bits per heavy atom. The third kappa shape index (κ3) is 2.80. The highest BCUT2D eigenvalue weighted by atomic mass is 16.5. The zero-order chi connectivity index (χ0) is 19.6. The predicted molar refractivity (Wildman–Crippen MR) is 110 cm³/mol. The summed E-state index contributed by atoms with van der Waals surface area (Å²) in [6.07, 6.45) is 6.74. The number of hydrogen-bond donors (Lipinski definition) is 0. The van der Waals surface area contributed by atoms with Crippen LogP contribution in [0.25, 0.3) is 0 Å². The number of fused-ring (bicyclic) bond motifs is 2. The average molecular weight is 376 g/mol. The van der Waals surface area contributed by atoms with Crippen molar-refractivity contribution in [3.8, 4) is 0 Å².